The molecule has 0 aromatic carbocycles. The van der Waals surface area contributed by atoms with Gasteiger partial charge in [-0.3, -0.25) is 0 Å². The van der Waals surface area contributed by atoms with Crippen molar-refractivity contribution in [3.63, 3.8) is 0 Å². The first-order valence-corrected chi connectivity index (χ1v) is 5.25. The molecule has 0 aliphatic heterocycles. The van der Waals surface area contributed by atoms with E-state index < -0.39 is 12.0 Å². The third kappa shape index (κ3) is 3.86. The van der Waals surface area contributed by atoms with Crippen LogP contribution in [0.1, 0.15) is 5.82 Å². The number of halogens is 3. The van der Waals surface area contributed by atoms with E-state index in [0.717, 1.165) is 11.8 Å². The summed E-state index contributed by atoms with van der Waals surface area (Å²) in [7, 11) is 1.51. The van der Waals surface area contributed by atoms with E-state index in [4.69, 9.17) is 10.5 Å². The van der Waals surface area contributed by atoms with Crippen molar-refractivity contribution in [2.75, 3.05) is 25.2 Å². The maximum Gasteiger partial charge on any atom is 0.451 e. The topological polar surface area (TPSA) is 61.0 Å². The summed E-state index contributed by atoms with van der Waals surface area (Å²) in [6.07, 6.45) is -4.58. The van der Waals surface area contributed by atoms with Crippen molar-refractivity contribution in [2.45, 2.75) is 11.2 Å². The Kier molecular flexibility index (Phi) is 4.36. The molecule has 4 nitrogen and oxygen atoms in total. The van der Waals surface area contributed by atoms with Crippen LogP contribution in [0.2, 0.25) is 0 Å². The van der Waals surface area contributed by atoms with Gasteiger partial charge in [0.2, 0.25) is 5.82 Å². The summed E-state index contributed by atoms with van der Waals surface area (Å²) in [5, 5.41) is 0.192. The Balaban J connectivity index is 2.82. The van der Waals surface area contributed by atoms with Gasteiger partial charge in [0.05, 0.1) is 6.61 Å². The number of alkyl halides is 3. The van der Waals surface area contributed by atoms with Gasteiger partial charge in [0.25, 0.3) is 0 Å². The van der Waals surface area contributed by atoms with E-state index in [-0.39, 0.29) is 10.8 Å². The first kappa shape index (κ1) is 13.0. The normalized spacial score (nSPS) is 11.8. The zero-order chi connectivity index (χ0) is 12.2. The lowest BCUT2D eigenvalue weighted by molar-refractivity contribution is -0.145. The van der Waals surface area contributed by atoms with Gasteiger partial charge in [-0.15, -0.1) is 11.8 Å². The summed E-state index contributed by atoms with van der Waals surface area (Å²) in [4.78, 5) is 6.50. The standard InChI is InChI=1S/C8H10F3N3OS/c1-15-2-3-16-6-4-5(12)13-7(14-6)8(9,10)11/h4H,2-3H2,1H3,(H2,12,13,14). The first-order valence-electron chi connectivity index (χ1n) is 4.27. The summed E-state index contributed by atoms with van der Waals surface area (Å²) in [6, 6.07) is 1.30. The summed E-state index contributed by atoms with van der Waals surface area (Å²) in [6.45, 7) is 0.427. The number of nitrogen functional groups attached to an aromatic ring is 1. The highest BCUT2D eigenvalue weighted by molar-refractivity contribution is 7.99. The van der Waals surface area contributed by atoms with Gasteiger partial charge < -0.3 is 10.5 Å². The second-order valence-corrected chi connectivity index (χ2v) is 3.91. The van der Waals surface area contributed by atoms with Crippen LogP contribution in [-0.2, 0) is 10.9 Å². The van der Waals surface area contributed by atoms with Crippen LogP contribution in [-0.4, -0.2) is 29.4 Å². The molecule has 2 N–H and O–H groups in total. The van der Waals surface area contributed by atoms with Crippen LogP contribution in [0.25, 0.3) is 0 Å². The van der Waals surface area contributed by atoms with Crippen molar-refractivity contribution < 1.29 is 17.9 Å². The van der Waals surface area contributed by atoms with Crippen LogP contribution >= 0.6 is 11.8 Å². The SMILES string of the molecule is COCCSc1cc(N)nc(C(F)(F)F)n1. The lowest BCUT2D eigenvalue weighted by Gasteiger charge is -2.07. The largest absolute Gasteiger partial charge is 0.451 e. The molecule has 8 heteroatoms. The molecule has 0 atom stereocenters. The van der Waals surface area contributed by atoms with Crippen LogP contribution in [0.15, 0.2) is 11.1 Å². The van der Waals surface area contributed by atoms with E-state index in [1.807, 2.05) is 0 Å². The maximum atomic E-state index is 12.3. The number of anilines is 1. The summed E-state index contributed by atoms with van der Waals surface area (Å²) >= 11 is 1.13. The van der Waals surface area contributed by atoms with Crippen LogP contribution in [0.4, 0.5) is 19.0 Å². The van der Waals surface area contributed by atoms with E-state index in [9.17, 15) is 13.2 Å². The number of rotatable bonds is 4. The minimum Gasteiger partial charge on any atom is -0.384 e. The highest BCUT2D eigenvalue weighted by Crippen LogP contribution is 2.28. The molecule has 0 fully saturated rings. The molecule has 0 bridgehead atoms. The smallest absolute Gasteiger partial charge is 0.384 e. The average molecular weight is 253 g/mol. The van der Waals surface area contributed by atoms with Crippen molar-refractivity contribution in [1.29, 1.82) is 0 Å². The molecule has 0 saturated carbocycles. The fourth-order valence-electron chi connectivity index (χ4n) is 0.873. The third-order valence-corrected chi connectivity index (χ3v) is 2.39. The fourth-order valence-corrected chi connectivity index (χ4v) is 1.69. The number of hydrogen-bond donors (Lipinski definition) is 1. The van der Waals surface area contributed by atoms with E-state index in [1.165, 1.54) is 13.2 Å². The average Bonchev–Trinajstić information content (AvgIpc) is 2.16. The zero-order valence-electron chi connectivity index (χ0n) is 8.41. The second kappa shape index (κ2) is 5.35. The first-order chi connectivity index (χ1) is 7.43. The lowest BCUT2D eigenvalue weighted by Crippen LogP contribution is -2.13. The van der Waals surface area contributed by atoms with Gasteiger partial charge in [0.1, 0.15) is 10.8 Å². The Bertz CT molecular complexity index is 359. The molecule has 1 rings (SSSR count). The molecule has 0 saturated heterocycles. The van der Waals surface area contributed by atoms with Crippen molar-refractivity contribution >= 4 is 17.6 Å². The van der Waals surface area contributed by atoms with Crippen molar-refractivity contribution in [3.8, 4) is 0 Å². The van der Waals surface area contributed by atoms with E-state index in [2.05, 4.69) is 9.97 Å². The quantitative estimate of drug-likeness (QED) is 0.504. The Morgan fingerprint density at radius 2 is 2.12 bits per heavy atom. The highest BCUT2D eigenvalue weighted by atomic mass is 32.2. The molecule has 0 unspecified atom stereocenters. The molecule has 1 aromatic rings. The van der Waals surface area contributed by atoms with Crippen LogP contribution in [0, 0.1) is 0 Å². The molecule has 90 valence electrons. The van der Waals surface area contributed by atoms with Gasteiger partial charge in [-0.25, -0.2) is 9.97 Å². The third-order valence-electron chi connectivity index (χ3n) is 1.51. The number of nitrogens with zero attached hydrogens (tertiary/aromatic N) is 2. The Hall–Kier alpha value is -1.02. The molecule has 0 aliphatic carbocycles. The summed E-state index contributed by atoms with van der Waals surface area (Å²) in [5.41, 5.74) is 5.26. The molecular weight excluding hydrogens is 243 g/mol. The van der Waals surface area contributed by atoms with Gasteiger partial charge in [0.15, 0.2) is 0 Å². The lowest BCUT2D eigenvalue weighted by atomic mass is 10.5. The number of hydrogen-bond acceptors (Lipinski definition) is 5. The van der Waals surface area contributed by atoms with Crippen LogP contribution in [0.5, 0.6) is 0 Å². The van der Waals surface area contributed by atoms with E-state index >= 15 is 0 Å². The molecule has 0 amide bonds. The molecule has 16 heavy (non-hydrogen) atoms. The Labute approximate surface area is 94.4 Å². The van der Waals surface area contributed by atoms with Crippen LogP contribution < -0.4 is 5.73 Å². The Morgan fingerprint density at radius 1 is 1.44 bits per heavy atom. The van der Waals surface area contributed by atoms with Crippen molar-refractivity contribution in [1.82, 2.24) is 9.97 Å². The summed E-state index contributed by atoms with van der Waals surface area (Å²) in [5.74, 6) is -0.904. The number of nitrogens with two attached hydrogens (primary N) is 1. The Morgan fingerprint density at radius 3 is 2.69 bits per heavy atom. The zero-order valence-corrected chi connectivity index (χ0v) is 9.23. The van der Waals surface area contributed by atoms with Crippen LogP contribution in [0.3, 0.4) is 0 Å². The number of thioether (sulfide) groups is 1. The van der Waals surface area contributed by atoms with Gasteiger partial charge >= 0.3 is 6.18 Å². The van der Waals surface area contributed by atoms with Crippen molar-refractivity contribution in [3.05, 3.63) is 11.9 Å². The monoisotopic (exact) mass is 253 g/mol. The van der Waals surface area contributed by atoms with Gasteiger partial charge in [-0.1, -0.05) is 0 Å². The molecular formula is C8H10F3N3OS. The molecule has 0 radical (unpaired) electrons. The van der Waals surface area contributed by atoms with Crippen molar-refractivity contribution in [2.24, 2.45) is 0 Å². The van der Waals surface area contributed by atoms with Gasteiger partial charge in [0, 0.05) is 18.9 Å². The minimum absolute atomic E-state index is 0.192. The molecule has 0 aliphatic rings. The highest BCUT2D eigenvalue weighted by Gasteiger charge is 2.35. The second-order valence-electron chi connectivity index (χ2n) is 2.79. The summed E-state index contributed by atoms with van der Waals surface area (Å²) < 4.78 is 41.7. The van der Waals surface area contributed by atoms with Gasteiger partial charge in [-0.2, -0.15) is 13.2 Å². The maximum absolute atomic E-state index is 12.3. The predicted octanol–water partition coefficient (Wildman–Crippen LogP) is 1.82. The number of ether oxygens (including phenoxy) is 1. The predicted molar refractivity (Wildman–Crippen MR) is 54.0 cm³/mol. The minimum atomic E-state index is -4.58. The molecule has 1 aromatic heterocycles. The van der Waals surface area contributed by atoms with E-state index in [1.54, 1.807) is 0 Å². The molecule has 1 heterocycles. The number of aromatic nitrogens is 2. The fraction of sp³-hybridized carbons (Fsp3) is 0.500. The van der Waals surface area contributed by atoms with Gasteiger partial charge in [-0.05, 0) is 0 Å². The molecule has 0 spiro atoms. The van der Waals surface area contributed by atoms with E-state index in [0.29, 0.717) is 12.4 Å². The number of methoxy groups -OCH3 is 1.